The second-order valence-electron chi connectivity index (χ2n) is 4.01. The topological polar surface area (TPSA) is 18.5 Å². The van der Waals surface area contributed by atoms with Crippen LogP contribution in [0.4, 0.5) is 0 Å². The third-order valence-corrected chi connectivity index (χ3v) is 2.71. The zero-order chi connectivity index (χ0) is 8.54. The SMILES string of the molecule is CCCCC1(C)OOC1(C)C. The van der Waals surface area contributed by atoms with Crippen molar-refractivity contribution in [1.29, 1.82) is 0 Å². The maximum Gasteiger partial charge on any atom is 0.132 e. The molecule has 66 valence electrons. The molecule has 0 aromatic rings. The Balaban J connectivity index is 2.41. The highest BCUT2D eigenvalue weighted by Crippen LogP contribution is 2.43. The van der Waals surface area contributed by atoms with Crippen LogP contribution >= 0.6 is 0 Å². The van der Waals surface area contributed by atoms with Gasteiger partial charge in [-0.2, -0.15) is 0 Å². The molecule has 0 amide bonds. The molecule has 1 saturated heterocycles. The highest BCUT2D eigenvalue weighted by Gasteiger charge is 2.53. The minimum absolute atomic E-state index is 0.0526. The van der Waals surface area contributed by atoms with Crippen molar-refractivity contribution < 1.29 is 9.78 Å². The van der Waals surface area contributed by atoms with Gasteiger partial charge in [-0.3, -0.25) is 0 Å². The van der Waals surface area contributed by atoms with Gasteiger partial charge in [0.05, 0.1) is 0 Å². The summed E-state index contributed by atoms with van der Waals surface area (Å²) >= 11 is 0. The summed E-state index contributed by atoms with van der Waals surface area (Å²) in [5.74, 6) is 0. The van der Waals surface area contributed by atoms with Gasteiger partial charge in [-0.25, -0.2) is 9.78 Å². The summed E-state index contributed by atoms with van der Waals surface area (Å²) in [5, 5.41) is 0. The van der Waals surface area contributed by atoms with Crippen molar-refractivity contribution in [2.75, 3.05) is 0 Å². The Morgan fingerprint density at radius 1 is 1.09 bits per heavy atom. The van der Waals surface area contributed by atoms with Crippen LogP contribution in [-0.2, 0) is 9.78 Å². The lowest BCUT2D eigenvalue weighted by Gasteiger charge is -2.51. The Morgan fingerprint density at radius 2 is 1.73 bits per heavy atom. The Bertz CT molecular complexity index is 142. The Hall–Kier alpha value is -0.0800. The van der Waals surface area contributed by atoms with Crippen molar-refractivity contribution in [3.05, 3.63) is 0 Å². The standard InChI is InChI=1S/C9H18O2/c1-5-6-7-9(4)8(2,3)10-11-9/h5-7H2,1-4H3. The average molecular weight is 158 g/mol. The molecule has 0 N–H and O–H groups in total. The molecule has 0 aliphatic carbocycles. The van der Waals surface area contributed by atoms with Gasteiger partial charge in [-0.1, -0.05) is 19.8 Å². The first-order valence-corrected chi connectivity index (χ1v) is 4.39. The molecule has 0 aromatic heterocycles. The van der Waals surface area contributed by atoms with Gasteiger partial charge in [0.1, 0.15) is 11.2 Å². The minimum atomic E-state index is -0.0951. The molecule has 1 heterocycles. The van der Waals surface area contributed by atoms with E-state index in [1.807, 2.05) is 0 Å². The molecule has 1 fully saturated rings. The predicted octanol–water partition coefficient (Wildman–Crippen LogP) is 2.68. The van der Waals surface area contributed by atoms with Crippen LogP contribution in [0.3, 0.4) is 0 Å². The second kappa shape index (κ2) is 2.76. The summed E-state index contributed by atoms with van der Waals surface area (Å²) in [5.41, 5.74) is -0.148. The molecule has 11 heavy (non-hydrogen) atoms. The van der Waals surface area contributed by atoms with Crippen molar-refractivity contribution in [2.45, 2.75) is 58.2 Å². The van der Waals surface area contributed by atoms with Crippen molar-refractivity contribution in [2.24, 2.45) is 0 Å². The molecule has 1 aliphatic heterocycles. The molecule has 0 aromatic carbocycles. The number of unbranched alkanes of at least 4 members (excludes halogenated alkanes) is 1. The molecule has 0 radical (unpaired) electrons. The van der Waals surface area contributed by atoms with E-state index in [-0.39, 0.29) is 11.2 Å². The molecule has 1 rings (SSSR count). The van der Waals surface area contributed by atoms with Gasteiger partial charge >= 0.3 is 0 Å². The number of hydrogen-bond donors (Lipinski definition) is 0. The van der Waals surface area contributed by atoms with Crippen LogP contribution in [0.2, 0.25) is 0 Å². The second-order valence-corrected chi connectivity index (χ2v) is 4.01. The number of rotatable bonds is 3. The summed E-state index contributed by atoms with van der Waals surface area (Å²) < 4.78 is 0. The summed E-state index contributed by atoms with van der Waals surface area (Å²) in [6, 6.07) is 0. The van der Waals surface area contributed by atoms with Crippen molar-refractivity contribution >= 4 is 0 Å². The van der Waals surface area contributed by atoms with Gasteiger partial charge in [0.2, 0.25) is 0 Å². The van der Waals surface area contributed by atoms with E-state index in [1.54, 1.807) is 0 Å². The van der Waals surface area contributed by atoms with Gasteiger partial charge in [-0.05, 0) is 27.2 Å². The summed E-state index contributed by atoms with van der Waals surface area (Å²) in [6.07, 6.45) is 3.52. The first-order chi connectivity index (χ1) is 5.02. The lowest BCUT2D eigenvalue weighted by atomic mass is 9.82. The van der Waals surface area contributed by atoms with Crippen LogP contribution in [0.25, 0.3) is 0 Å². The van der Waals surface area contributed by atoms with Crippen molar-refractivity contribution in [1.82, 2.24) is 0 Å². The van der Waals surface area contributed by atoms with Gasteiger partial charge < -0.3 is 0 Å². The van der Waals surface area contributed by atoms with E-state index in [0.29, 0.717) is 0 Å². The third-order valence-electron chi connectivity index (χ3n) is 2.71. The Labute approximate surface area is 68.8 Å². The highest BCUT2D eigenvalue weighted by atomic mass is 17.3. The van der Waals surface area contributed by atoms with Crippen LogP contribution in [0, 0.1) is 0 Å². The molecular formula is C9H18O2. The van der Waals surface area contributed by atoms with E-state index in [0.717, 1.165) is 6.42 Å². The van der Waals surface area contributed by atoms with Gasteiger partial charge in [0.15, 0.2) is 0 Å². The molecule has 1 aliphatic rings. The normalized spacial score (nSPS) is 34.9. The fourth-order valence-electron chi connectivity index (χ4n) is 1.21. The van der Waals surface area contributed by atoms with Crippen molar-refractivity contribution in [3.63, 3.8) is 0 Å². The summed E-state index contributed by atoms with van der Waals surface area (Å²) in [6.45, 7) is 8.46. The third kappa shape index (κ3) is 1.42. The number of hydrogen-bond acceptors (Lipinski definition) is 2. The molecule has 1 atom stereocenters. The summed E-state index contributed by atoms with van der Waals surface area (Å²) in [4.78, 5) is 10.2. The van der Waals surface area contributed by atoms with Gasteiger partial charge in [-0.15, -0.1) is 0 Å². The van der Waals surface area contributed by atoms with E-state index in [2.05, 4.69) is 27.7 Å². The first kappa shape index (κ1) is 9.01. The smallest absolute Gasteiger partial charge is 0.132 e. The fraction of sp³-hybridized carbons (Fsp3) is 1.00. The lowest BCUT2D eigenvalue weighted by Crippen LogP contribution is -2.61. The molecular weight excluding hydrogens is 140 g/mol. The van der Waals surface area contributed by atoms with Crippen molar-refractivity contribution in [3.8, 4) is 0 Å². The van der Waals surface area contributed by atoms with Crippen LogP contribution in [0.1, 0.15) is 47.0 Å². The molecule has 2 nitrogen and oxygen atoms in total. The largest absolute Gasteiger partial charge is 0.227 e. The van der Waals surface area contributed by atoms with E-state index >= 15 is 0 Å². The van der Waals surface area contributed by atoms with Crippen LogP contribution in [-0.4, -0.2) is 11.2 Å². The van der Waals surface area contributed by atoms with E-state index in [1.165, 1.54) is 12.8 Å². The molecule has 2 heteroatoms. The Morgan fingerprint density at radius 3 is 2.00 bits per heavy atom. The van der Waals surface area contributed by atoms with Crippen LogP contribution in [0.5, 0.6) is 0 Å². The Kier molecular flexibility index (Phi) is 2.26. The first-order valence-electron chi connectivity index (χ1n) is 4.39. The maximum absolute atomic E-state index is 5.14. The molecule has 0 spiro atoms. The molecule has 0 saturated carbocycles. The lowest BCUT2D eigenvalue weighted by molar-refractivity contribution is -0.541. The minimum Gasteiger partial charge on any atom is -0.227 e. The zero-order valence-electron chi connectivity index (χ0n) is 7.94. The zero-order valence-corrected chi connectivity index (χ0v) is 7.94. The average Bonchev–Trinajstić information content (AvgIpc) is 1.98. The quantitative estimate of drug-likeness (QED) is 0.588. The highest BCUT2D eigenvalue weighted by molar-refractivity contribution is 4.96. The molecule has 0 bridgehead atoms. The van der Waals surface area contributed by atoms with Crippen LogP contribution in [0.15, 0.2) is 0 Å². The monoisotopic (exact) mass is 158 g/mol. The summed E-state index contributed by atoms with van der Waals surface area (Å²) in [7, 11) is 0. The van der Waals surface area contributed by atoms with E-state index in [4.69, 9.17) is 9.78 Å². The maximum atomic E-state index is 5.14. The molecule has 1 unspecified atom stereocenters. The van der Waals surface area contributed by atoms with E-state index in [9.17, 15) is 0 Å². The van der Waals surface area contributed by atoms with E-state index < -0.39 is 0 Å². The predicted molar refractivity (Wildman–Crippen MR) is 44.2 cm³/mol. The van der Waals surface area contributed by atoms with Gasteiger partial charge in [0, 0.05) is 0 Å². The fourth-order valence-corrected chi connectivity index (χ4v) is 1.21. The van der Waals surface area contributed by atoms with Gasteiger partial charge in [0.25, 0.3) is 0 Å². The van der Waals surface area contributed by atoms with Crippen LogP contribution < -0.4 is 0 Å².